The van der Waals surface area contributed by atoms with Gasteiger partial charge in [-0.2, -0.15) is 5.10 Å². The maximum Gasteiger partial charge on any atom is 0.132 e. The van der Waals surface area contributed by atoms with E-state index in [0.29, 0.717) is 5.56 Å². The van der Waals surface area contributed by atoms with E-state index in [-0.39, 0.29) is 5.82 Å². The molecule has 94 valence electrons. The summed E-state index contributed by atoms with van der Waals surface area (Å²) in [6, 6.07) is 6.82. The molecule has 0 unspecified atom stereocenters. The zero-order valence-corrected chi connectivity index (χ0v) is 10.4. The molecule has 3 nitrogen and oxygen atoms in total. The minimum Gasteiger partial charge on any atom is -0.299 e. The number of likely N-dealkylation sites (N-methyl/N-ethyl adjacent to an activating group) is 1. The second-order valence-corrected chi connectivity index (χ2v) is 4.63. The Balaban J connectivity index is 2.05. The van der Waals surface area contributed by atoms with Crippen LogP contribution in [0.1, 0.15) is 18.2 Å². The van der Waals surface area contributed by atoms with Crippen molar-refractivity contribution in [2.75, 3.05) is 13.1 Å². The number of halogens is 1. The maximum absolute atomic E-state index is 13.8. The van der Waals surface area contributed by atoms with Crippen LogP contribution in [0.25, 0.3) is 11.3 Å². The summed E-state index contributed by atoms with van der Waals surface area (Å²) in [6.07, 6.45) is 0.963. The summed E-state index contributed by atoms with van der Waals surface area (Å²) in [4.78, 5) is 2.35. The van der Waals surface area contributed by atoms with Crippen LogP contribution in [0.2, 0.25) is 0 Å². The number of H-pyrrole nitrogens is 1. The molecule has 18 heavy (non-hydrogen) atoms. The molecule has 0 amide bonds. The Hall–Kier alpha value is -1.68. The predicted molar refractivity (Wildman–Crippen MR) is 68.6 cm³/mol. The van der Waals surface area contributed by atoms with Crippen LogP contribution in [0.5, 0.6) is 0 Å². The molecule has 1 N–H and O–H groups in total. The highest BCUT2D eigenvalue weighted by atomic mass is 19.1. The van der Waals surface area contributed by atoms with Crippen LogP contribution in [-0.2, 0) is 13.0 Å². The van der Waals surface area contributed by atoms with Gasteiger partial charge in [0.2, 0.25) is 0 Å². The number of aromatic amines is 1. The highest BCUT2D eigenvalue weighted by Crippen LogP contribution is 2.29. The van der Waals surface area contributed by atoms with Crippen molar-refractivity contribution in [1.82, 2.24) is 15.1 Å². The number of nitrogens with one attached hydrogen (secondary N) is 1. The minimum atomic E-state index is -0.208. The lowest BCUT2D eigenvalue weighted by Gasteiger charge is -2.25. The van der Waals surface area contributed by atoms with Crippen molar-refractivity contribution in [2.45, 2.75) is 19.9 Å². The summed E-state index contributed by atoms with van der Waals surface area (Å²) in [5.41, 5.74) is 3.65. The molecule has 0 atom stereocenters. The largest absolute Gasteiger partial charge is 0.299 e. The fraction of sp³-hybridized carbons (Fsp3) is 0.357. The summed E-state index contributed by atoms with van der Waals surface area (Å²) in [6.45, 7) is 5.06. The zero-order chi connectivity index (χ0) is 12.5. The SMILES string of the molecule is CCN1CCc2[nH]nc(-c3ccccc3F)c2C1. The summed E-state index contributed by atoms with van der Waals surface area (Å²) >= 11 is 0. The van der Waals surface area contributed by atoms with Gasteiger partial charge in [0, 0.05) is 36.3 Å². The van der Waals surface area contributed by atoms with Gasteiger partial charge in [-0.25, -0.2) is 4.39 Å². The second kappa shape index (κ2) is 4.53. The molecule has 1 aliphatic heterocycles. The lowest BCUT2D eigenvalue weighted by molar-refractivity contribution is 0.267. The van der Waals surface area contributed by atoms with Crippen molar-refractivity contribution in [1.29, 1.82) is 0 Å². The van der Waals surface area contributed by atoms with Crippen LogP contribution in [0.3, 0.4) is 0 Å². The molecule has 2 heterocycles. The van der Waals surface area contributed by atoms with Gasteiger partial charge >= 0.3 is 0 Å². The van der Waals surface area contributed by atoms with E-state index in [0.717, 1.165) is 43.0 Å². The van der Waals surface area contributed by atoms with Gasteiger partial charge < -0.3 is 0 Å². The lowest BCUT2D eigenvalue weighted by Crippen LogP contribution is -2.30. The highest BCUT2D eigenvalue weighted by molar-refractivity contribution is 5.64. The summed E-state index contributed by atoms with van der Waals surface area (Å²) < 4.78 is 13.8. The molecular weight excluding hydrogens is 229 g/mol. The normalized spacial score (nSPS) is 15.7. The van der Waals surface area contributed by atoms with Crippen LogP contribution < -0.4 is 0 Å². The summed E-state index contributed by atoms with van der Waals surface area (Å²) in [7, 11) is 0. The van der Waals surface area contributed by atoms with E-state index in [9.17, 15) is 4.39 Å². The van der Waals surface area contributed by atoms with E-state index in [1.54, 1.807) is 12.1 Å². The number of hydrogen-bond acceptors (Lipinski definition) is 2. The Morgan fingerprint density at radius 1 is 1.39 bits per heavy atom. The lowest BCUT2D eigenvalue weighted by atomic mass is 10.0. The van der Waals surface area contributed by atoms with Crippen molar-refractivity contribution < 1.29 is 4.39 Å². The Labute approximate surface area is 106 Å². The van der Waals surface area contributed by atoms with Gasteiger partial charge in [0.05, 0.1) is 5.69 Å². The Morgan fingerprint density at radius 2 is 2.22 bits per heavy atom. The number of nitrogens with zero attached hydrogens (tertiary/aromatic N) is 2. The molecule has 0 saturated heterocycles. The van der Waals surface area contributed by atoms with Crippen LogP contribution in [0, 0.1) is 5.82 Å². The molecule has 0 aliphatic carbocycles. The molecule has 1 aromatic heterocycles. The quantitative estimate of drug-likeness (QED) is 0.882. The van der Waals surface area contributed by atoms with Crippen LogP contribution in [0.15, 0.2) is 24.3 Å². The Bertz CT molecular complexity index is 562. The van der Waals surface area contributed by atoms with Gasteiger partial charge in [0.25, 0.3) is 0 Å². The average Bonchev–Trinajstić information content (AvgIpc) is 2.82. The van der Waals surface area contributed by atoms with Gasteiger partial charge in [0.15, 0.2) is 0 Å². The molecule has 1 aromatic carbocycles. The monoisotopic (exact) mass is 245 g/mol. The molecule has 4 heteroatoms. The zero-order valence-electron chi connectivity index (χ0n) is 10.4. The number of aromatic nitrogens is 2. The van der Waals surface area contributed by atoms with E-state index < -0.39 is 0 Å². The topological polar surface area (TPSA) is 31.9 Å². The van der Waals surface area contributed by atoms with E-state index >= 15 is 0 Å². The van der Waals surface area contributed by atoms with Crippen LogP contribution in [-0.4, -0.2) is 28.2 Å². The van der Waals surface area contributed by atoms with Gasteiger partial charge in [-0.05, 0) is 18.7 Å². The fourth-order valence-corrected chi connectivity index (χ4v) is 2.50. The number of rotatable bonds is 2. The van der Waals surface area contributed by atoms with E-state index in [1.807, 2.05) is 6.07 Å². The third kappa shape index (κ3) is 1.82. The van der Waals surface area contributed by atoms with Crippen LogP contribution >= 0.6 is 0 Å². The van der Waals surface area contributed by atoms with Crippen molar-refractivity contribution in [3.05, 3.63) is 41.3 Å². The number of benzene rings is 1. The molecule has 0 bridgehead atoms. The minimum absolute atomic E-state index is 0.208. The molecular formula is C14H16FN3. The summed E-state index contributed by atoms with van der Waals surface area (Å²) in [5.74, 6) is -0.208. The predicted octanol–water partition coefficient (Wildman–Crippen LogP) is 2.59. The van der Waals surface area contributed by atoms with Crippen molar-refractivity contribution in [3.8, 4) is 11.3 Å². The molecule has 0 radical (unpaired) electrons. The average molecular weight is 245 g/mol. The van der Waals surface area contributed by atoms with Gasteiger partial charge in [-0.1, -0.05) is 19.1 Å². The highest BCUT2D eigenvalue weighted by Gasteiger charge is 2.22. The Kier molecular flexibility index (Phi) is 2.88. The number of fused-ring (bicyclic) bond motifs is 1. The first kappa shape index (κ1) is 11.4. The van der Waals surface area contributed by atoms with Gasteiger partial charge in [0.1, 0.15) is 5.82 Å². The second-order valence-electron chi connectivity index (χ2n) is 4.63. The van der Waals surface area contributed by atoms with E-state index in [2.05, 4.69) is 22.0 Å². The van der Waals surface area contributed by atoms with Gasteiger partial charge in [-0.15, -0.1) is 0 Å². The number of hydrogen-bond donors (Lipinski definition) is 1. The fourth-order valence-electron chi connectivity index (χ4n) is 2.50. The first-order chi connectivity index (χ1) is 8.79. The van der Waals surface area contributed by atoms with Crippen molar-refractivity contribution in [2.24, 2.45) is 0 Å². The first-order valence-electron chi connectivity index (χ1n) is 6.33. The maximum atomic E-state index is 13.8. The molecule has 1 aliphatic rings. The van der Waals surface area contributed by atoms with Crippen molar-refractivity contribution >= 4 is 0 Å². The van der Waals surface area contributed by atoms with Gasteiger partial charge in [-0.3, -0.25) is 10.00 Å². The third-order valence-electron chi connectivity index (χ3n) is 3.59. The summed E-state index contributed by atoms with van der Waals surface area (Å²) in [5, 5.41) is 7.36. The van der Waals surface area contributed by atoms with Crippen LogP contribution in [0.4, 0.5) is 4.39 Å². The first-order valence-corrected chi connectivity index (χ1v) is 6.33. The molecule has 0 saturated carbocycles. The standard InChI is InChI=1S/C14H16FN3/c1-2-18-8-7-13-11(9-18)14(17-16-13)10-5-3-4-6-12(10)15/h3-6H,2,7-9H2,1H3,(H,16,17). The van der Waals surface area contributed by atoms with Crippen molar-refractivity contribution in [3.63, 3.8) is 0 Å². The van der Waals surface area contributed by atoms with E-state index in [4.69, 9.17) is 0 Å². The molecule has 0 fully saturated rings. The molecule has 3 rings (SSSR count). The molecule has 0 spiro atoms. The third-order valence-corrected chi connectivity index (χ3v) is 3.59. The molecule has 2 aromatic rings. The smallest absolute Gasteiger partial charge is 0.132 e. The van der Waals surface area contributed by atoms with E-state index in [1.165, 1.54) is 6.07 Å². The Morgan fingerprint density at radius 3 is 3.00 bits per heavy atom.